The molecule has 0 unspecified atom stereocenters. The predicted molar refractivity (Wildman–Crippen MR) is 96.1 cm³/mol. The lowest BCUT2D eigenvalue weighted by Gasteiger charge is -2.21. The van der Waals surface area contributed by atoms with Crippen LogP contribution in [0.5, 0.6) is 0 Å². The number of hydrogen-bond acceptors (Lipinski definition) is 2. The molecule has 0 heterocycles. The van der Waals surface area contributed by atoms with Crippen molar-refractivity contribution in [2.24, 2.45) is 0 Å². The maximum atomic E-state index is 13.6. The quantitative estimate of drug-likeness (QED) is 0.821. The number of hydrogen-bond donors (Lipinski definition) is 1. The Bertz CT molecular complexity index is 734. The maximum absolute atomic E-state index is 13.6. The number of nitrogens with zero attached hydrogens (tertiary/aromatic N) is 1. The highest BCUT2D eigenvalue weighted by Gasteiger charge is 2.11. The lowest BCUT2D eigenvalue weighted by molar-refractivity contribution is -0.128. The third-order valence-corrected chi connectivity index (χ3v) is 4.08. The zero-order valence-electron chi connectivity index (χ0n) is 14.0. The van der Waals surface area contributed by atoms with Gasteiger partial charge in [-0.25, -0.2) is 4.39 Å². The number of rotatable bonds is 7. The van der Waals surface area contributed by atoms with Crippen LogP contribution in [0.25, 0.3) is 0 Å². The fourth-order valence-corrected chi connectivity index (χ4v) is 2.52. The van der Waals surface area contributed by atoms with Crippen LogP contribution in [0.4, 0.5) is 4.39 Å². The van der Waals surface area contributed by atoms with E-state index in [2.05, 4.69) is 5.32 Å². The van der Waals surface area contributed by atoms with Gasteiger partial charge in [0.2, 0.25) is 5.91 Å². The first-order chi connectivity index (χ1) is 12.0. The molecule has 132 valence electrons. The summed E-state index contributed by atoms with van der Waals surface area (Å²) in [5.74, 6) is -0.617. The monoisotopic (exact) mass is 362 g/mol. The summed E-state index contributed by atoms with van der Waals surface area (Å²) < 4.78 is 13.6. The van der Waals surface area contributed by atoms with E-state index >= 15 is 0 Å². The highest BCUT2D eigenvalue weighted by atomic mass is 35.5. The topological polar surface area (TPSA) is 49.4 Å². The number of halogens is 2. The number of carbonyl (C=O) groups excluding carboxylic acids is 2. The number of amides is 2. The highest BCUT2D eigenvalue weighted by molar-refractivity contribution is 6.30. The Balaban J connectivity index is 1.83. The largest absolute Gasteiger partial charge is 0.350 e. The normalized spacial score (nSPS) is 10.4. The van der Waals surface area contributed by atoms with E-state index in [4.69, 9.17) is 11.6 Å². The van der Waals surface area contributed by atoms with E-state index in [1.807, 2.05) is 0 Å². The van der Waals surface area contributed by atoms with Gasteiger partial charge < -0.3 is 10.2 Å². The molecule has 2 aromatic rings. The molecule has 1 N–H and O–H groups in total. The number of benzene rings is 2. The smallest absolute Gasteiger partial charge is 0.251 e. The van der Waals surface area contributed by atoms with E-state index in [0.29, 0.717) is 42.2 Å². The molecule has 0 aliphatic rings. The fraction of sp³-hybridized carbons (Fsp3) is 0.263. The van der Waals surface area contributed by atoms with Crippen LogP contribution in [0.3, 0.4) is 0 Å². The Morgan fingerprint density at radius 2 is 1.76 bits per heavy atom. The van der Waals surface area contributed by atoms with Gasteiger partial charge in [-0.2, -0.15) is 0 Å². The summed E-state index contributed by atoms with van der Waals surface area (Å²) >= 11 is 5.79. The average molecular weight is 363 g/mol. The summed E-state index contributed by atoms with van der Waals surface area (Å²) in [4.78, 5) is 25.4. The van der Waals surface area contributed by atoms with Gasteiger partial charge in [0.05, 0.1) is 0 Å². The molecule has 0 bridgehead atoms. The standard InChI is InChI=1S/C19H20ClFN2O2/c1-14(24)23(12-10-15-4-2-3-5-18(15)21)13-11-22-19(25)16-6-8-17(20)9-7-16/h2-9H,10-13H2,1H3,(H,22,25). The maximum Gasteiger partial charge on any atom is 0.251 e. The van der Waals surface area contributed by atoms with E-state index < -0.39 is 0 Å². The first kappa shape index (κ1) is 18.9. The molecule has 2 aromatic carbocycles. The minimum absolute atomic E-state index is 0.114. The molecule has 0 aliphatic carbocycles. The van der Waals surface area contributed by atoms with Crippen LogP contribution in [-0.4, -0.2) is 36.3 Å². The molecule has 0 fully saturated rings. The van der Waals surface area contributed by atoms with Gasteiger partial charge in [-0.3, -0.25) is 9.59 Å². The van der Waals surface area contributed by atoms with Gasteiger partial charge in [-0.05, 0) is 42.3 Å². The molecule has 0 saturated heterocycles. The van der Waals surface area contributed by atoms with Gasteiger partial charge in [0, 0.05) is 37.1 Å². The van der Waals surface area contributed by atoms with Crippen molar-refractivity contribution in [3.8, 4) is 0 Å². The summed E-state index contributed by atoms with van der Waals surface area (Å²) in [6.45, 7) is 2.54. The van der Waals surface area contributed by atoms with Crippen molar-refractivity contribution in [3.05, 3.63) is 70.5 Å². The van der Waals surface area contributed by atoms with Crippen LogP contribution in [0, 0.1) is 5.82 Å². The minimum atomic E-state index is -0.276. The molecule has 0 aliphatic heterocycles. The Kier molecular flexibility index (Phi) is 6.95. The van der Waals surface area contributed by atoms with Crippen LogP contribution < -0.4 is 5.32 Å². The molecular weight excluding hydrogens is 343 g/mol. The summed E-state index contributed by atoms with van der Waals surface area (Å²) in [7, 11) is 0. The highest BCUT2D eigenvalue weighted by Crippen LogP contribution is 2.10. The molecule has 0 saturated carbocycles. The first-order valence-corrected chi connectivity index (χ1v) is 8.38. The van der Waals surface area contributed by atoms with Crippen molar-refractivity contribution in [2.75, 3.05) is 19.6 Å². The van der Waals surface area contributed by atoms with Crippen LogP contribution in [0.2, 0.25) is 5.02 Å². The molecule has 25 heavy (non-hydrogen) atoms. The summed E-state index contributed by atoms with van der Waals surface area (Å²) in [5, 5.41) is 3.33. The van der Waals surface area contributed by atoms with Crippen LogP contribution in [-0.2, 0) is 11.2 Å². The summed E-state index contributed by atoms with van der Waals surface area (Å²) in [5.41, 5.74) is 1.07. The van der Waals surface area contributed by atoms with Crippen molar-refractivity contribution in [2.45, 2.75) is 13.3 Å². The van der Waals surface area contributed by atoms with E-state index in [9.17, 15) is 14.0 Å². The Hall–Kier alpha value is -2.40. The molecule has 2 rings (SSSR count). The third kappa shape index (κ3) is 5.87. The predicted octanol–water partition coefficient (Wildman–Crippen LogP) is 3.30. The Morgan fingerprint density at radius 3 is 2.40 bits per heavy atom. The van der Waals surface area contributed by atoms with E-state index in [0.717, 1.165) is 0 Å². The molecule has 0 atom stereocenters. The van der Waals surface area contributed by atoms with Crippen molar-refractivity contribution in [1.82, 2.24) is 10.2 Å². The van der Waals surface area contributed by atoms with Crippen molar-refractivity contribution >= 4 is 23.4 Å². The first-order valence-electron chi connectivity index (χ1n) is 8.00. The van der Waals surface area contributed by atoms with Crippen LogP contribution in [0.15, 0.2) is 48.5 Å². The zero-order chi connectivity index (χ0) is 18.2. The van der Waals surface area contributed by atoms with Gasteiger partial charge >= 0.3 is 0 Å². The molecular formula is C19H20ClFN2O2. The van der Waals surface area contributed by atoms with E-state index in [1.165, 1.54) is 13.0 Å². The van der Waals surface area contributed by atoms with Gasteiger partial charge in [-0.1, -0.05) is 29.8 Å². The van der Waals surface area contributed by atoms with Crippen molar-refractivity contribution in [1.29, 1.82) is 0 Å². The minimum Gasteiger partial charge on any atom is -0.350 e. The van der Waals surface area contributed by atoms with Gasteiger partial charge in [-0.15, -0.1) is 0 Å². The third-order valence-electron chi connectivity index (χ3n) is 3.83. The summed E-state index contributed by atoms with van der Waals surface area (Å²) in [6, 6.07) is 13.1. The zero-order valence-corrected chi connectivity index (χ0v) is 14.7. The molecule has 0 aromatic heterocycles. The lowest BCUT2D eigenvalue weighted by atomic mass is 10.1. The number of carbonyl (C=O) groups is 2. The van der Waals surface area contributed by atoms with E-state index in [-0.39, 0.29) is 17.6 Å². The lowest BCUT2D eigenvalue weighted by Crippen LogP contribution is -2.38. The van der Waals surface area contributed by atoms with Crippen LogP contribution in [0.1, 0.15) is 22.8 Å². The summed E-state index contributed by atoms with van der Waals surface area (Å²) in [6.07, 6.45) is 0.428. The van der Waals surface area contributed by atoms with Gasteiger partial charge in [0.25, 0.3) is 5.91 Å². The Morgan fingerprint density at radius 1 is 1.08 bits per heavy atom. The van der Waals surface area contributed by atoms with Crippen molar-refractivity contribution < 1.29 is 14.0 Å². The second-order valence-electron chi connectivity index (χ2n) is 5.61. The van der Waals surface area contributed by atoms with Crippen LogP contribution >= 0.6 is 11.6 Å². The molecule has 6 heteroatoms. The van der Waals surface area contributed by atoms with E-state index in [1.54, 1.807) is 47.4 Å². The van der Waals surface area contributed by atoms with Crippen molar-refractivity contribution in [3.63, 3.8) is 0 Å². The SMILES string of the molecule is CC(=O)N(CCNC(=O)c1ccc(Cl)cc1)CCc1ccccc1F. The number of nitrogens with one attached hydrogen (secondary N) is 1. The fourth-order valence-electron chi connectivity index (χ4n) is 2.39. The molecule has 2 amide bonds. The van der Waals surface area contributed by atoms with Gasteiger partial charge in [0.15, 0.2) is 0 Å². The molecule has 0 spiro atoms. The molecule has 4 nitrogen and oxygen atoms in total. The Labute approximate surface area is 151 Å². The second kappa shape index (κ2) is 9.18. The molecule has 0 radical (unpaired) electrons. The average Bonchev–Trinajstić information content (AvgIpc) is 2.59. The second-order valence-corrected chi connectivity index (χ2v) is 6.05. The van der Waals surface area contributed by atoms with Gasteiger partial charge in [0.1, 0.15) is 5.82 Å².